The normalized spacial score (nSPS) is 36.1. The van der Waals surface area contributed by atoms with Gasteiger partial charge in [0.05, 0.1) is 6.10 Å². The van der Waals surface area contributed by atoms with Gasteiger partial charge in [0.15, 0.2) is 0 Å². The fourth-order valence-corrected chi connectivity index (χ4v) is 1.72. The van der Waals surface area contributed by atoms with E-state index in [4.69, 9.17) is 0 Å². The van der Waals surface area contributed by atoms with E-state index >= 15 is 0 Å². The summed E-state index contributed by atoms with van der Waals surface area (Å²) in [5.41, 5.74) is 0. The molecule has 2 N–H and O–H groups in total. The summed E-state index contributed by atoms with van der Waals surface area (Å²) in [7, 11) is 0. The van der Waals surface area contributed by atoms with E-state index in [0.29, 0.717) is 12.3 Å². The SMILES string of the molecule is CC(=O)N[C@H]1CC[C@H](C)[C@@H](O)C1. The van der Waals surface area contributed by atoms with Gasteiger partial charge in [0, 0.05) is 13.0 Å². The Morgan fingerprint density at radius 1 is 1.50 bits per heavy atom. The summed E-state index contributed by atoms with van der Waals surface area (Å²) in [4.78, 5) is 10.7. The van der Waals surface area contributed by atoms with E-state index in [1.54, 1.807) is 0 Å². The molecule has 0 heterocycles. The first-order chi connectivity index (χ1) is 5.59. The third-order valence-electron chi connectivity index (χ3n) is 2.56. The molecule has 0 spiro atoms. The van der Waals surface area contributed by atoms with Crippen LogP contribution in [0.15, 0.2) is 0 Å². The fraction of sp³-hybridized carbons (Fsp3) is 0.889. The van der Waals surface area contributed by atoms with E-state index in [-0.39, 0.29) is 18.1 Å². The minimum atomic E-state index is -0.240. The van der Waals surface area contributed by atoms with Gasteiger partial charge in [0.25, 0.3) is 0 Å². The van der Waals surface area contributed by atoms with Crippen molar-refractivity contribution in [2.45, 2.75) is 45.3 Å². The molecule has 1 fully saturated rings. The highest BCUT2D eigenvalue weighted by Gasteiger charge is 2.25. The molecule has 1 saturated carbocycles. The number of hydrogen-bond donors (Lipinski definition) is 2. The second-order valence-corrected chi connectivity index (χ2v) is 3.76. The van der Waals surface area contributed by atoms with Gasteiger partial charge < -0.3 is 10.4 Å². The summed E-state index contributed by atoms with van der Waals surface area (Å²) in [5, 5.41) is 12.3. The smallest absolute Gasteiger partial charge is 0.217 e. The quantitative estimate of drug-likeness (QED) is 0.609. The lowest BCUT2D eigenvalue weighted by Gasteiger charge is -2.31. The van der Waals surface area contributed by atoms with E-state index < -0.39 is 0 Å². The number of carbonyl (C=O) groups is 1. The molecule has 1 rings (SSSR count). The maximum absolute atomic E-state index is 10.7. The number of carbonyl (C=O) groups excluding carboxylic acids is 1. The molecule has 0 aromatic heterocycles. The summed E-state index contributed by atoms with van der Waals surface area (Å²) in [6, 6.07) is 0.189. The molecular formula is C9H17NO2. The van der Waals surface area contributed by atoms with Gasteiger partial charge in [-0.1, -0.05) is 6.92 Å². The van der Waals surface area contributed by atoms with Gasteiger partial charge >= 0.3 is 0 Å². The molecular weight excluding hydrogens is 154 g/mol. The molecule has 0 saturated heterocycles. The molecule has 0 aliphatic heterocycles. The Hall–Kier alpha value is -0.570. The molecule has 0 unspecified atom stereocenters. The minimum Gasteiger partial charge on any atom is -0.393 e. The predicted octanol–water partition coefficient (Wildman–Crippen LogP) is 0.672. The number of amides is 1. The zero-order valence-electron chi connectivity index (χ0n) is 7.71. The third kappa shape index (κ3) is 2.48. The third-order valence-corrected chi connectivity index (χ3v) is 2.56. The Morgan fingerprint density at radius 2 is 2.17 bits per heavy atom. The van der Waals surface area contributed by atoms with Crippen LogP contribution in [0.4, 0.5) is 0 Å². The molecule has 70 valence electrons. The number of rotatable bonds is 1. The van der Waals surface area contributed by atoms with Crippen LogP contribution in [0.3, 0.4) is 0 Å². The van der Waals surface area contributed by atoms with E-state index in [1.807, 2.05) is 0 Å². The number of nitrogens with one attached hydrogen (secondary N) is 1. The predicted molar refractivity (Wildman–Crippen MR) is 46.6 cm³/mol. The van der Waals surface area contributed by atoms with Crippen molar-refractivity contribution >= 4 is 5.91 Å². The Kier molecular flexibility index (Phi) is 3.09. The monoisotopic (exact) mass is 171 g/mol. The number of aliphatic hydroxyl groups excluding tert-OH is 1. The van der Waals surface area contributed by atoms with Crippen molar-refractivity contribution in [2.24, 2.45) is 5.92 Å². The van der Waals surface area contributed by atoms with Crippen LogP contribution >= 0.6 is 0 Å². The fourth-order valence-electron chi connectivity index (χ4n) is 1.72. The van der Waals surface area contributed by atoms with Crippen LogP contribution in [0.1, 0.15) is 33.1 Å². The van der Waals surface area contributed by atoms with Gasteiger partial charge in [0.1, 0.15) is 0 Å². The molecule has 3 atom stereocenters. The molecule has 0 bridgehead atoms. The van der Waals surface area contributed by atoms with E-state index in [1.165, 1.54) is 6.92 Å². The number of aliphatic hydroxyl groups is 1. The molecule has 0 aromatic carbocycles. The van der Waals surface area contributed by atoms with Gasteiger partial charge in [-0.2, -0.15) is 0 Å². The lowest BCUT2D eigenvalue weighted by Crippen LogP contribution is -2.41. The minimum absolute atomic E-state index is 0.00162. The van der Waals surface area contributed by atoms with Crippen LogP contribution in [0.5, 0.6) is 0 Å². The zero-order chi connectivity index (χ0) is 9.14. The largest absolute Gasteiger partial charge is 0.393 e. The van der Waals surface area contributed by atoms with Crippen LogP contribution in [-0.4, -0.2) is 23.2 Å². The molecule has 1 aliphatic rings. The Balaban J connectivity index is 2.35. The summed E-state index contributed by atoms with van der Waals surface area (Å²) >= 11 is 0. The van der Waals surface area contributed by atoms with E-state index in [9.17, 15) is 9.90 Å². The molecule has 12 heavy (non-hydrogen) atoms. The first-order valence-electron chi connectivity index (χ1n) is 4.54. The molecule has 1 aliphatic carbocycles. The highest BCUT2D eigenvalue weighted by Crippen LogP contribution is 2.23. The first kappa shape index (κ1) is 9.52. The average Bonchev–Trinajstić information content (AvgIpc) is 1.96. The van der Waals surface area contributed by atoms with Crippen molar-refractivity contribution in [3.63, 3.8) is 0 Å². The Morgan fingerprint density at radius 3 is 2.67 bits per heavy atom. The average molecular weight is 171 g/mol. The van der Waals surface area contributed by atoms with E-state index in [0.717, 1.165) is 12.8 Å². The van der Waals surface area contributed by atoms with Crippen LogP contribution in [-0.2, 0) is 4.79 Å². The van der Waals surface area contributed by atoms with Crippen molar-refractivity contribution in [2.75, 3.05) is 0 Å². The van der Waals surface area contributed by atoms with Crippen molar-refractivity contribution < 1.29 is 9.90 Å². The van der Waals surface area contributed by atoms with Gasteiger partial charge in [-0.15, -0.1) is 0 Å². The number of hydrogen-bond acceptors (Lipinski definition) is 2. The Bertz CT molecular complexity index is 170. The van der Waals surface area contributed by atoms with Gasteiger partial charge in [-0.25, -0.2) is 0 Å². The maximum Gasteiger partial charge on any atom is 0.217 e. The highest BCUT2D eigenvalue weighted by atomic mass is 16.3. The maximum atomic E-state index is 10.7. The van der Waals surface area contributed by atoms with Crippen molar-refractivity contribution in [3.8, 4) is 0 Å². The first-order valence-corrected chi connectivity index (χ1v) is 4.54. The Labute approximate surface area is 73.2 Å². The topological polar surface area (TPSA) is 49.3 Å². The summed E-state index contributed by atoms with van der Waals surface area (Å²) in [6.07, 6.45) is 2.47. The lowest BCUT2D eigenvalue weighted by atomic mass is 9.85. The summed E-state index contributed by atoms with van der Waals surface area (Å²) in [6.45, 7) is 3.57. The van der Waals surface area contributed by atoms with Crippen LogP contribution in [0.25, 0.3) is 0 Å². The van der Waals surface area contributed by atoms with E-state index in [2.05, 4.69) is 12.2 Å². The van der Waals surface area contributed by atoms with Crippen LogP contribution in [0.2, 0.25) is 0 Å². The standard InChI is InChI=1S/C9H17NO2/c1-6-3-4-8(5-9(6)12)10-7(2)11/h6,8-9,12H,3-5H2,1-2H3,(H,10,11)/t6-,8-,9-/m0/s1. The lowest BCUT2D eigenvalue weighted by molar-refractivity contribution is -0.120. The van der Waals surface area contributed by atoms with Crippen molar-refractivity contribution in [3.05, 3.63) is 0 Å². The van der Waals surface area contributed by atoms with Gasteiger partial charge in [-0.05, 0) is 25.2 Å². The van der Waals surface area contributed by atoms with Crippen LogP contribution in [0, 0.1) is 5.92 Å². The van der Waals surface area contributed by atoms with Crippen molar-refractivity contribution in [1.82, 2.24) is 5.32 Å². The second kappa shape index (κ2) is 3.90. The summed E-state index contributed by atoms with van der Waals surface area (Å²) < 4.78 is 0. The second-order valence-electron chi connectivity index (χ2n) is 3.76. The van der Waals surface area contributed by atoms with Crippen LogP contribution < -0.4 is 5.32 Å². The highest BCUT2D eigenvalue weighted by molar-refractivity contribution is 5.73. The van der Waals surface area contributed by atoms with Gasteiger partial charge in [-0.3, -0.25) is 4.79 Å². The summed E-state index contributed by atoms with van der Waals surface area (Å²) in [5.74, 6) is 0.386. The molecule has 0 aromatic rings. The van der Waals surface area contributed by atoms with Crippen molar-refractivity contribution in [1.29, 1.82) is 0 Å². The molecule has 1 amide bonds. The molecule has 3 nitrogen and oxygen atoms in total. The zero-order valence-corrected chi connectivity index (χ0v) is 7.71. The molecule has 3 heteroatoms. The molecule has 0 radical (unpaired) electrons. The van der Waals surface area contributed by atoms with Gasteiger partial charge in [0.2, 0.25) is 5.91 Å².